The van der Waals surface area contributed by atoms with Crippen LogP contribution < -0.4 is 5.32 Å². The molecule has 0 aliphatic heterocycles. The second-order valence-electron chi connectivity index (χ2n) is 8.16. The van der Waals surface area contributed by atoms with Gasteiger partial charge in [0.1, 0.15) is 0 Å². The summed E-state index contributed by atoms with van der Waals surface area (Å²) in [5.41, 5.74) is 5.63. The van der Waals surface area contributed by atoms with E-state index in [-0.39, 0.29) is 5.91 Å². The lowest BCUT2D eigenvalue weighted by atomic mass is 9.89. The fourth-order valence-electron chi connectivity index (χ4n) is 4.45. The standard InChI is InChI=1S/C26H30N2O/c1-20-23(18-26(29)27-19-21-11-5-2-6-12-21)17-25(22-13-7-3-8-14-22)28(20)24-15-9-4-10-16-24/h3-4,7-10,13-17,21H,2,5-6,11-12,18-19H2,1H3,(H,27,29). The van der Waals surface area contributed by atoms with Crippen molar-refractivity contribution in [2.24, 2.45) is 5.92 Å². The molecule has 1 aliphatic rings. The van der Waals surface area contributed by atoms with Crippen LogP contribution in [0.1, 0.15) is 43.4 Å². The van der Waals surface area contributed by atoms with Crippen molar-refractivity contribution in [2.75, 3.05) is 6.54 Å². The van der Waals surface area contributed by atoms with Gasteiger partial charge in [0.25, 0.3) is 0 Å². The van der Waals surface area contributed by atoms with Gasteiger partial charge in [0.05, 0.1) is 12.1 Å². The number of nitrogens with zero attached hydrogens (tertiary/aromatic N) is 1. The van der Waals surface area contributed by atoms with Gasteiger partial charge < -0.3 is 9.88 Å². The third-order valence-electron chi connectivity index (χ3n) is 6.10. The second-order valence-corrected chi connectivity index (χ2v) is 8.16. The number of amides is 1. The lowest BCUT2D eigenvalue weighted by Gasteiger charge is -2.21. The number of benzene rings is 2. The molecule has 3 nitrogen and oxygen atoms in total. The average Bonchev–Trinajstić information content (AvgIpc) is 3.10. The minimum absolute atomic E-state index is 0.128. The van der Waals surface area contributed by atoms with Crippen LogP contribution in [0.15, 0.2) is 66.7 Å². The molecule has 3 aromatic rings. The Morgan fingerprint density at radius 3 is 2.31 bits per heavy atom. The van der Waals surface area contributed by atoms with Gasteiger partial charge in [-0.2, -0.15) is 0 Å². The van der Waals surface area contributed by atoms with Crippen molar-refractivity contribution in [1.29, 1.82) is 0 Å². The Hall–Kier alpha value is -2.81. The van der Waals surface area contributed by atoms with Gasteiger partial charge in [-0.25, -0.2) is 0 Å². The van der Waals surface area contributed by atoms with Crippen LogP contribution in [-0.4, -0.2) is 17.0 Å². The van der Waals surface area contributed by atoms with Gasteiger partial charge in [-0.15, -0.1) is 0 Å². The van der Waals surface area contributed by atoms with Crippen LogP contribution in [0.5, 0.6) is 0 Å². The lowest BCUT2D eigenvalue weighted by Crippen LogP contribution is -2.31. The maximum absolute atomic E-state index is 12.7. The number of hydrogen-bond donors (Lipinski definition) is 1. The smallest absolute Gasteiger partial charge is 0.224 e. The molecule has 1 heterocycles. The summed E-state index contributed by atoms with van der Waals surface area (Å²) in [6.07, 6.45) is 6.89. The highest BCUT2D eigenvalue weighted by atomic mass is 16.1. The van der Waals surface area contributed by atoms with Crippen molar-refractivity contribution < 1.29 is 4.79 Å². The third kappa shape index (κ3) is 4.61. The molecule has 150 valence electrons. The quantitative estimate of drug-likeness (QED) is 0.580. The minimum Gasteiger partial charge on any atom is -0.356 e. The van der Waals surface area contributed by atoms with Gasteiger partial charge in [-0.05, 0) is 55.0 Å². The number of carbonyl (C=O) groups excluding carboxylic acids is 1. The fourth-order valence-corrected chi connectivity index (χ4v) is 4.45. The molecule has 1 saturated carbocycles. The summed E-state index contributed by atoms with van der Waals surface area (Å²) in [6.45, 7) is 2.94. The van der Waals surface area contributed by atoms with Gasteiger partial charge >= 0.3 is 0 Å². The summed E-state index contributed by atoms with van der Waals surface area (Å²) in [4.78, 5) is 12.7. The van der Waals surface area contributed by atoms with Crippen molar-refractivity contribution in [3.63, 3.8) is 0 Å². The van der Waals surface area contributed by atoms with E-state index < -0.39 is 0 Å². The number of nitrogens with one attached hydrogen (secondary N) is 1. The molecular formula is C26H30N2O. The molecule has 0 bridgehead atoms. The Balaban J connectivity index is 1.57. The molecule has 1 aromatic heterocycles. The molecule has 1 fully saturated rings. The Morgan fingerprint density at radius 2 is 1.62 bits per heavy atom. The highest BCUT2D eigenvalue weighted by molar-refractivity contribution is 5.80. The van der Waals surface area contributed by atoms with E-state index in [1.165, 1.54) is 32.1 Å². The van der Waals surface area contributed by atoms with E-state index in [0.717, 1.165) is 34.7 Å². The zero-order valence-corrected chi connectivity index (χ0v) is 17.2. The van der Waals surface area contributed by atoms with Crippen molar-refractivity contribution >= 4 is 5.91 Å². The van der Waals surface area contributed by atoms with Crippen molar-refractivity contribution in [2.45, 2.75) is 45.4 Å². The summed E-state index contributed by atoms with van der Waals surface area (Å²) in [5.74, 6) is 0.783. The maximum Gasteiger partial charge on any atom is 0.224 e. The topological polar surface area (TPSA) is 34.0 Å². The van der Waals surface area contributed by atoms with Crippen molar-refractivity contribution in [1.82, 2.24) is 9.88 Å². The molecular weight excluding hydrogens is 356 g/mol. The first-order valence-corrected chi connectivity index (χ1v) is 10.8. The first-order valence-electron chi connectivity index (χ1n) is 10.8. The van der Waals surface area contributed by atoms with E-state index >= 15 is 0 Å². The highest BCUT2D eigenvalue weighted by Crippen LogP contribution is 2.30. The van der Waals surface area contributed by atoms with E-state index in [1.807, 2.05) is 12.1 Å². The molecule has 1 N–H and O–H groups in total. The lowest BCUT2D eigenvalue weighted by molar-refractivity contribution is -0.120. The summed E-state index contributed by atoms with van der Waals surface area (Å²) < 4.78 is 2.26. The zero-order valence-electron chi connectivity index (χ0n) is 17.2. The summed E-state index contributed by atoms with van der Waals surface area (Å²) in [7, 11) is 0. The van der Waals surface area contributed by atoms with E-state index in [1.54, 1.807) is 0 Å². The van der Waals surface area contributed by atoms with E-state index in [9.17, 15) is 4.79 Å². The largest absolute Gasteiger partial charge is 0.356 e. The Morgan fingerprint density at radius 1 is 0.966 bits per heavy atom. The Bertz CT molecular complexity index is 938. The van der Waals surface area contributed by atoms with Crippen LogP contribution in [0.3, 0.4) is 0 Å². The van der Waals surface area contributed by atoms with Crippen LogP contribution in [-0.2, 0) is 11.2 Å². The molecule has 4 rings (SSSR count). The zero-order chi connectivity index (χ0) is 20.1. The van der Waals surface area contributed by atoms with E-state index in [4.69, 9.17) is 0 Å². The first kappa shape index (κ1) is 19.5. The molecule has 0 atom stereocenters. The predicted octanol–water partition coefficient (Wildman–Crippen LogP) is 5.69. The van der Waals surface area contributed by atoms with Gasteiger partial charge in [0, 0.05) is 17.9 Å². The molecule has 0 unspecified atom stereocenters. The molecule has 0 saturated heterocycles. The number of aromatic nitrogens is 1. The van der Waals surface area contributed by atoms with Crippen molar-refractivity contribution in [3.8, 4) is 16.9 Å². The Kier molecular flexibility index (Phi) is 6.14. The van der Waals surface area contributed by atoms with Gasteiger partial charge in [0.2, 0.25) is 5.91 Å². The van der Waals surface area contributed by atoms with E-state index in [0.29, 0.717) is 12.3 Å². The summed E-state index contributed by atoms with van der Waals surface area (Å²) in [5, 5.41) is 3.19. The van der Waals surface area contributed by atoms with Crippen LogP contribution in [0.4, 0.5) is 0 Å². The van der Waals surface area contributed by atoms with E-state index in [2.05, 4.69) is 71.4 Å². The molecule has 0 radical (unpaired) electrons. The normalized spacial score (nSPS) is 14.7. The molecule has 0 spiro atoms. The predicted molar refractivity (Wildman–Crippen MR) is 119 cm³/mol. The van der Waals surface area contributed by atoms with Crippen LogP contribution in [0, 0.1) is 12.8 Å². The number of hydrogen-bond acceptors (Lipinski definition) is 1. The molecule has 1 amide bonds. The number of para-hydroxylation sites is 1. The van der Waals surface area contributed by atoms with Gasteiger partial charge in [-0.3, -0.25) is 4.79 Å². The molecule has 2 aromatic carbocycles. The fraction of sp³-hybridized carbons (Fsp3) is 0.346. The SMILES string of the molecule is Cc1c(CC(=O)NCC2CCCCC2)cc(-c2ccccc2)n1-c1ccccc1. The van der Waals surface area contributed by atoms with Crippen LogP contribution >= 0.6 is 0 Å². The average molecular weight is 387 g/mol. The molecule has 1 aliphatic carbocycles. The monoisotopic (exact) mass is 386 g/mol. The van der Waals surface area contributed by atoms with Gasteiger partial charge in [-0.1, -0.05) is 67.8 Å². The summed E-state index contributed by atoms with van der Waals surface area (Å²) in [6, 6.07) is 23.0. The maximum atomic E-state index is 12.7. The summed E-state index contributed by atoms with van der Waals surface area (Å²) >= 11 is 0. The van der Waals surface area contributed by atoms with Crippen LogP contribution in [0.25, 0.3) is 16.9 Å². The minimum atomic E-state index is 0.128. The first-order chi connectivity index (χ1) is 14.2. The third-order valence-corrected chi connectivity index (χ3v) is 6.10. The van der Waals surface area contributed by atoms with Crippen LogP contribution in [0.2, 0.25) is 0 Å². The number of rotatable bonds is 6. The molecule has 3 heteroatoms. The molecule has 29 heavy (non-hydrogen) atoms. The number of carbonyl (C=O) groups is 1. The highest BCUT2D eigenvalue weighted by Gasteiger charge is 2.18. The second kappa shape index (κ2) is 9.13. The van der Waals surface area contributed by atoms with Gasteiger partial charge in [0.15, 0.2) is 0 Å². The van der Waals surface area contributed by atoms with Crippen molar-refractivity contribution in [3.05, 3.63) is 78.0 Å². The Labute approximate surface area is 173 Å².